The van der Waals surface area contributed by atoms with Gasteiger partial charge in [0.25, 0.3) is 5.69 Å². The zero-order valence-electron chi connectivity index (χ0n) is 14.9. The van der Waals surface area contributed by atoms with Crippen LogP contribution in [-0.2, 0) is 0 Å². The number of nitrogens with one attached hydrogen (secondary N) is 2. The quantitative estimate of drug-likeness (QED) is 0.398. The summed E-state index contributed by atoms with van der Waals surface area (Å²) in [6.07, 6.45) is 3.25. The smallest absolute Gasteiger partial charge is 0.317 e. The molecular formula is C22H18ClN3O2. The Morgan fingerprint density at radius 2 is 1.79 bits per heavy atom. The van der Waals surface area contributed by atoms with Crippen LogP contribution in [0.25, 0.3) is 10.9 Å². The molecule has 1 amide bonds. The molecule has 28 heavy (non-hydrogen) atoms. The number of aromatic nitrogens is 2. The maximum atomic E-state index is 12.5. The molecule has 0 bridgehead atoms. The standard InChI is InChI=1S/C22H18ClN3O2/c23-19-9-3-1-7-15(19)17(18-13-24-20-10-4-2-8-16(18)20)14-25-22(27)21-11-5-6-12-26(21)28/h1-13,17,24H,14H2,(H,25,27). The Morgan fingerprint density at radius 1 is 1.04 bits per heavy atom. The van der Waals surface area contributed by atoms with Crippen LogP contribution in [0.3, 0.4) is 0 Å². The third-order valence-electron chi connectivity index (χ3n) is 4.80. The number of carbonyl (C=O) groups excluding carboxylic acids is 1. The van der Waals surface area contributed by atoms with Gasteiger partial charge in [0.05, 0.1) is 0 Å². The topological polar surface area (TPSA) is 71.8 Å². The number of pyridine rings is 1. The maximum absolute atomic E-state index is 12.5. The van der Waals surface area contributed by atoms with E-state index >= 15 is 0 Å². The van der Waals surface area contributed by atoms with E-state index in [0.29, 0.717) is 16.3 Å². The van der Waals surface area contributed by atoms with Gasteiger partial charge in [-0.05, 0) is 29.3 Å². The number of hydrogen-bond donors (Lipinski definition) is 2. The Kier molecular flexibility index (Phi) is 5.00. The number of benzene rings is 2. The minimum Gasteiger partial charge on any atom is -0.618 e. The summed E-state index contributed by atoms with van der Waals surface area (Å²) in [5.41, 5.74) is 3.02. The first-order valence-corrected chi connectivity index (χ1v) is 9.30. The van der Waals surface area contributed by atoms with Crippen molar-refractivity contribution in [3.05, 3.63) is 106 Å². The van der Waals surface area contributed by atoms with Crippen LogP contribution in [0, 0.1) is 5.21 Å². The monoisotopic (exact) mass is 391 g/mol. The van der Waals surface area contributed by atoms with Gasteiger partial charge in [-0.15, -0.1) is 0 Å². The van der Waals surface area contributed by atoms with Crippen molar-refractivity contribution in [2.24, 2.45) is 0 Å². The molecule has 0 aliphatic carbocycles. The molecule has 0 aliphatic heterocycles. The van der Waals surface area contributed by atoms with E-state index in [1.54, 1.807) is 12.1 Å². The van der Waals surface area contributed by atoms with Crippen LogP contribution in [0.15, 0.2) is 79.1 Å². The molecule has 0 radical (unpaired) electrons. The number of rotatable bonds is 5. The Balaban J connectivity index is 1.69. The third kappa shape index (κ3) is 3.44. The predicted molar refractivity (Wildman–Crippen MR) is 109 cm³/mol. The second kappa shape index (κ2) is 7.74. The van der Waals surface area contributed by atoms with Gasteiger partial charge in [0.1, 0.15) is 0 Å². The second-order valence-corrected chi connectivity index (χ2v) is 6.89. The van der Waals surface area contributed by atoms with Crippen molar-refractivity contribution < 1.29 is 9.52 Å². The molecule has 0 saturated heterocycles. The number of nitrogens with zero attached hydrogens (tertiary/aromatic N) is 1. The normalized spacial score (nSPS) is 12.0. The van der Waals surface area contributed by atoms with Crippen LogP contribution in [0.5, 0.6) is 0 Å². The summed E-state index contributed by atoms with van der Waals surface area (Å²) in [5.74, 6) is -0.592. The summed E-state index contributed by atoms with van der Waals surface area (Å²) in [7, 11) is 0. The SMILES string of the molecule is O=C(NCC(c1ccccc1Cl)c1c[nH]c2ccccc12)c1cccc[n+]1[O-]. The number of carbonyl (C=O) groups is 1. The molecule has 6 heteroatoms. The Hall–Kier alpha value is -3.31. The van der Waals surface area contributed by atoms with E-state index in [4.69, 9.17) is 11.6 Å². The zero-order valence-corrected chi connectivity index (χ0v) is 15.7. The summed E-state index contributed by atoms with van der Waals surface area (Å²) >= 11 is 6.47. The number of halogens is 1. The van der Waals surface area contributed by atoms with Crippen LogP contribution in [0.2, 0.25) is 5.02 Å². The van der Waals surface area contributed by atoms with Crippen LogP contribution >= 0.6 is 11.6 Å². The summed E-state index contributed by atoms with van der Waals surface area (Å²) in [6.45, 7) is 0.305. The molecule has 0 aliphatic rings. The molecule has 0 spiro atoms. The van der Waals surface area contributed by atoms with Crippen molar-refractivity contribution in [2.45, 2.75) is 5.92 Å². The Labute approximate surface area is 167 Å². The lowest BCUT2D eigenvalue weighted by molar-refractivity contribution is -0.607. The lowest BCUT2D eigenvalue weighted by Gasteiger charge is -2.19. The van der Waals surface area contributed by atoms with Crippen molar-refractivity contribution in [2.75, 3.05) is 6.54 Å². The molecule has 0 saturated carbocycles. The van der Waals surface area contributed by atoms with Gasteiger partial charge in [0.2, 0.25) is 0 Å². The number of para-hydroxylation sites is 1. The first-order chi connectivity index (χ1) is 13.6. The van der Waals surface area contributed by atoms with Crippen LogP contribution in [0.4, 0.5) is 0 Å². The average molecular weight is 392 g/mol. The molecular weight excluding hydrogens is 374 g/mol. The highest BCUT2D eigenvalue weighted by Crippen LogP contribution is 2.34. The van der Waals surface area contributed by atoms with E-state index in [1.807, 2.05) is 54.7 Å². The maximum Gasteiger partial charge on any atom is 0.317 e. The minimum atomic E-state index is -0.424. The van der Waals surface area contributed by atoms with Crippen molar-refractivity contribution >= 4 is 28.4 Å². The fourth-order valence-corrected chi connectivity index (χ4v) is 3.68. The Morgan fingerprint density at radius 3 is 2.61 bits per heavy atom. The molecule has 2 aromatic heterocycles. The number of aromatic amines is 1. The molecule has 1 atom stereocenters. The lowest BCUT2D eigenvalue weighted by Crippen LogP contribution is -2.40. The van der Waals surface area contributed by atoms with E-state index in [2.05, 4.69) is 10.3 Å². The molecule has 4 rings (SSSR count). The van der Waals surface area contributed by atoms with E-state index in [-0.39, 0.29) is 11.6 Å². The van der Waals surface area contributed by atoms with Gasteiger partial charge >= 0.3 is 5.91 Å². The molecule has 2 aromatic carbocycles. The van der Waals surface area contributed by atoms with Gasteiger partial charge in [-0.25, -0.2) is 0 Å². The Bertz CT molecular complexity index is 1140. The van der Waals surface area contributed by atoms with E-state index in [0.717, 1.165) is 22.0 Å². The molecule has 0 fully saturated rings. The molecule has 5 nitrogen and oxygen atoms in total. The number of H-pyrrole nitrogens is 1. The van der Waals surface area contributed by atoms with Crippen LogP contribution in [-0.4, -0.2) is 17.4 Å². The highest BCUT2D eigenvalue weighted by Gasteiger charge is 2.23. The molecule has 140 valence electrons. The van der Waals surface area contributed by atoms with Crippen molar-refractivity contribution in [1.29, 1.82) is 0 Å². The van der Waals surface area contributed by atoms with Gasteiger partial charge in [0, 0.05) is 46.7 Å². The second-order valence-electron chi connectivity index (χ2n) is 6.49. The third-order valence-corrected chi connectivity index (χ3v) is 5.14. The summed E-state index contributed by atoms with van der Waals surface area (Å²) < 4.78 is 0.561. The first-order valence-electron chi connectivity index (χ1n) is 8.92. The average Bonchev–Trinajstić information content (AvgIpc) is 3.14. The van der Waals surface area contributed by atoms with Gasteiger partial charge in [0.15, 0.2) is 6.20 Å². The molecule has 4 aromatic rings. The van der Waals surface area contributed by atoms with E-state index < -0.39 is 5.91 Å². The summed E-state index contributed by atoms with van der Waals surface area (Å²) in [4.78, 5) is 15.8. The van der Waals surface area contributed by atoms with Crippen LogP contribution in [0.1, 0.15) is 27.5 Å². The van der Waals surface area contributed by atoms with E-state index in [9.17, 15) is 10.0 Å². The lowest BCUT2D eigenvalue weighted by atomic mass is 9.90. The predicted octanol–water partition coefficient (Wildman–Crippen LogP) is 4.02. The van der Waals surface area contributed by atoms with E-state index in [1.165, 1.54) is 12.3 Å². The van der Waals surface area contributed by atoms with Gasteiger partial charge in [-0.1, -0.05) is 48.0 Å². The highest BCUT2D eigenvalue weighted by atomic mass is 35.5. The highest BCUT2D eigenvalue weighted by molar-refractivity contribution is 6.31. The number of amides is 1. The van der Waals surface area contributed by atoms with Gasteiger partial charge < -0.3 is 15.5 Å². The molecule has 2 N–H and O–H groups in total. The fourth-order valence-electron chi connectivity index (χ4n) is 3.42. The summed E-state index contributed by atoms with van der Waals surface area (Å²) in [6, 6.07) is 20.3. The molecule has 2 heterocycles. The van der Waals surface area contributed by atoms with Crippen molar-refractivity contribution in [3.8, 4) is 0 Å². The fraction of sp³-hybridized carbons (Fsp3) is 0.0909. The number of fused-ring (bicyclic) bond motifs is 1. The zero-order chi connectivity index (χ0) is 19.5. The van der Waals surface area contributed by atoms with Gasteiger partial charge in [-0.2, -0.15) is 4.73 Å². The summed E-state index contributed by atoms with van der Waals surface area (Å²) in [5, 5.41) is 16.4. The minimum absolute atomic E-state index is 0.0549. The largest absolute Gasteiger partial charge is 0.618 e. The molecule has 1 unspecified atom stereocenters. The number of hydrogen-bond acceptors (Lipinski definition) is 2. The first kappa shape index (κ1) is 18.1. The van der Waals surface area contributed by atoms with Crippen molar-refractivity contribution in [1.82, 2.24) is 10.3 Å². The van der Waals surface area contributed by atoms with Crippen LogP contribution < -0.4 is 10.0 Å². The van der Waals surface area contributed by atoms with Gasteiger partial charge in [-0.3, -0.25) is 4.79 Å². The van der Waals surface area contributed by atoms with Crippen molar-refractivity contribution in [3.63, 3.8) is 0 Å².